The van der Waals surface area contributed by atoms with Crippen LogP contribution in [-0.4, -0.2) is 50.5 Å². The van der Waals surface area contributed by atoms with E-state index in [1.54, 1.807) is 6.92 Å². The molecule has 4 bridgehead atoms. The molecule has 0 heterocycles. The molecule has 0 aromatic rings. The first-order valence-electron chi connectivity index (χ1n) is 7.66. The largest absolute Gasteiger partial charge is 0.455 e. The zero-order valence-corrected chi connectivity index (χ0v) is 13.1. The van der Waals surface area contributed by atoms with Gasteiger partial charge in [0.25, 0.3) is 0 Å². The van der Waals surface area contributed by atoms with Crippen LogP contribution in [0.4, 0.5) is 0 Å². The molecule has 124 valence electrons. The Balaban J connectivity index is 2.03. The molecule has 6 nitrogen and oxygen atoms in total. The summed E-state index contributed by atoms with van der Waals surface area (Å²) in [5.41, 5.74) is -3.91. The molecule has 6 heteroatoms. The molecule has 0 spiro atoms. The molecule has 3 unspecified atom stereocenters. The number of ether oxygens (including phenoxy) is 2. The third-order valence-corrected chi connectivity index (χ3v) is 5.75. The van der Waals surface area contributed by atoms with Crippen molar-refractivity contribution in [2.24, 2.45) is 5.92 Å². The van der Waals surface area contributed by atoms with Crippen LogP contribution < -0.4 is 0 Å². The fourth-order valence-electron chi connectivity index (χ4n) is 5.22. The fraction of sp³-hybridized carbons (Fsp3) is 0.812. The summed E-state index contributed by atoms with van der Waals surface area (Å²) in [5.74, 6) is -0.767. The summed E-state index contributed by atoms with van der Waals surface area (Å²) >= 11 is 0. The molecule has 0 radical (unpaired) electrons. The molecule has 0 aliphatic heterocycles. The van der Waals surface area contributed by atoms with E-state index in [2.05, 4.69) is 6.58 Å². The molecule has 0 amide bonds. The van der Waals surface area contributed by atoms with Crippen LogP contribution in [0.5, 0.6) is 0 Å². The number of aliphatic hydroxyl groups is 3. The van der Waals surface area contributed by atoms with Gasteiger partial charge in [-0.1, -0.05) is 13.5 Å². The van der Waals surface area contributed by atoms with Crippen molar-refractivity contribution in [1.82, 2.24) is 0 Å². The highest BCUT2D eigenvalue weighted by Gasteiger charge is 2.73. The van der Waals surface area contributed by atoms with Crippen molar-refractivity contribution < 1.29 is 29.6 Å². The van der Waals surface area contributed by atoms with Crippen molar-refractivity contribution in [3.63, 3.8) is 0 Å². The topological polar surface area (TPSA) is 96.2 Å². The average Bonchev–Trinajstić information content (AvgIpc) is 2.32. The number of hydrogen-bond acceptors (Lipinski definition) is 6. The predicted octanol–water partition coefficient (Wildman–Crippen LogP) is 0.639. The van der Waals surface area contributed by atoms with Crippen LogP contribution in [0.1, 0.15) is 46.0 Å². The van der Waals surface area contributed by atoms with Gasteiger partial charge in [-0.2, -0.15) is 0 Å². The lowest BCUT2D eigenvalue weighted by atomic mass is 9.44. The van der Waals surface area contributed by atoms with Gasteiger partial charge in [0.1, 0.15) is 12.4 Å². The number of hydrogen-bond donors (Lipinski definition) is 3. The molecule has 4 rings (SSSR count). The molecule has 0 aromatic carbocycles. The number of aliphatic hydroxyl groups excluding tert-OH is 1. The minimum atomic E-state index is -1.15. The lowest BCUT2D eigenvalue weighted by Gasteiger charge is -2.68. The van der Waals surface area contributed by atoms with Gasteiger partial charge >= 0.3 is 5.97 Å². The van der Waals surface area contributed by atoms with Gasteiger partial charge in [0.15, 0.2) is 0 Å². The number of rotatable bonds is 4. The van der Waals surface area contributed by atoms with Gasteiger partial charge < -0.3 is 24.8 Å². The van der Waals surface area contributed by atoms with E-state index >= 15 is 0 Å². The van der Waals surface area contributed by atoms with E-state index in [1.807, 2.05) is 6.92 Å². The van der Waals surface area contributed by atoms with Gasteiger partial charge in [-0.05, 0) is 6.92 Å². The molecular weight excluding hydrogens is 288 g/mol. The Morgan fingerprint density at radius 1 is 1.14 bits per heavy atom. The van der Waals surface area contributed by atoms with Crippen LogP contribution in [0.25, 0.3) is 0 Å². The first-order chi connectivity index (χ1) is 10.1. The van der Waals surface area contributed by atoms with Crippen molar-refractivity contribution in [2.75, 3.05) is 6.79 Å². The molecule has 4 aliphatic carbocycles. The normalized spacial score (nSPS) is 49.2. The highest BCUT2D eigenvalue weighted by Crippen LogP contribution is 2.65. The van der Waals surface area contributed by atoms with Gasteiger partial charge in [0.2, 0.25) is 0 Å². The number of carbonyl (C=O) groups is 1. The maximum Gasteiger partial charge on any atom is 0.333 e. The maximum absolute atomic E-state index is 12.1. The maximum atomic E-state index is 12.1. The molecule has 0 saturated heterocycles. The van der Waals surface area contributed by atoms with E-state index in [0.29, 0.717) is 12.8 Å². The SMILES string of the molecule is C=C(C)C(=O)OC12CC3(O)CC(O)(CC(OCO)(C3)C1C)C2. The summed E-state index contributed by atoms with van der Waals surface area (Å²) < 4.78 is 11.3. The summed E-state index contributed by atoms with van der Waals surface area (Å²) in [6.07, 6.45) is 1.46. The first kappa shape index (κ1) is 15.9. The van der Waals surface area contributed by atoms with Crippen molar-refractivity contribution >= 4 is 5.97 Å². The van der Waals surface area contributed by atoms with E-state index in [1.165, 1.54) is 0 Å². The van der Waals surface area contributed by atoms with E-state index in [0.717, 1.165) is 0 Å². The van der Waals surface area contributed by atoms with Crippen LogP contribution in [0.2, 0.25) is 0 Å². The minimum Gasteiger partial charge on any atom is -0.455 e. The van der Waals surface area contributed by atoms with Crippen molar-refractivity contribution in [3.05, 3.63) is 12.2 Å². The van der Waals surface area contributed by atoms with Gasteiger partial charge in [-0.15, -0.1) is 0 Å². The Hall–Kier alpha value is -0.950. The highest BCUT2D eigenvalue weighted by atomic mass is 16.6. The first-order valence-corrected chi connectivity index (χ1v) is 7.66. The van der Waals surface area contributed by atoms with Gasteiger partial charge in [0, 0.05) is 43.6 Å². The molecular formula is C16H24O6. The van der Waals surface area contributed by atoms with Crippen molar-refractivity contribution in [1.29, 1.82) is 0 Å². The minimum absolute atomic E-state index is 0.240. The van der Waals surface area contributed by atoms with Crippen molar-refractivity contribution in [2.45, 2.75) is 68.4 Å². The lowest BCUT2D eigenvalue weighted by molar-refractivity contribution is -0.342. The quantitative estimate of drug-likeness (QED) is 0.400. The second-order valence-electron chi connectivity index (χ2n) is 7.63. The smallest absolute Gasteiger partial charge is 0.333 e. The lowest BCUT2D eigenvalue weighted by Crippen LogP contribution is -2.77. The molecule has 3 N–H and O–H groups in total. The van der Waals surface area contributed by atoms with E-state index in [4.69, 9.17) is 9.47 Å². The van der Waals surface area contributed by atoms with Gasteiger partial charge in [-0.3, -0.25) is 0 Å². The molecule has 3 atom stereocenters. The molecule has 22 heavy (non-hydrogen) atoms. The number of esters is 1. The highest BCUT2D eigenvalue weighted by molar-refractivity contribution is 5.87. The average molecular weight is 312 g/mol. The molecule has 4 fully saturated rings. The van der Waals surface area contributed by atoms with Crippen LogP contribution in [0, 0.1) is 5.92 Å². The zero-order valence-electron chi connectivity index (χ0n) is 13.1. The Bertz CT molecular complexity index is 509. The van der Waals surface area contributed by atoms with Crippen LogP contribution in [0.3, 0.4) is 0 Å². The van der Waals surface area contributed by atoms with Crippen molar-refractivity contribution in [3.8, 4) is 0 Å². The van der Waals surface area contributed by atoms with E-state index < -0.39 is 35.2 Å². The van der Waals surface area contributed by atoms with Crippen LogP contribution >= 0.6 is 0 Å². The Morgan fingerprint density at radius 3 is 2.09 bits per heavy atom. The third-order valence-electron chi connectivity index (χ3n) is 5.75. The molecule has 4 aliphatic rings. The predicted molar refractivity (Wildman–Crippen MR) is 76.7 cm³/mol. The summed E-state index contributed by atoms with van der Waals surface area (Å²) in [6, 6.07) is 0. The summed E-state index contributed by atoms with van der Waals surface area (Å²) in [6.45, 7) is 6.56. The fourth-order valence-corrected chi connectivity index (χ4v) is 5.22. The summed E-state index contributed by atoms with van der Waals surface area (Å²) in [5, 5.41) is 31.0. The van der Waals surface area contributed by atoms with Gasteiger partial charge in [-0.25, -0.2) is 4.79 Å². The van der Waals surface area contributed by atoms with Crippen LogP contribution in [0.15, 0.2) is 12.2 Å². The Labute approximate surface area is 129 Å². The Kier molecular flexibility index (Phi) is 3.28. The zero-order chi connectivity index (χ0) is 16.4. The second kappa shape index (κ2) is 4.54. The molecule has 0 aromatic heterocycles. The Morgan fingerprint density at radius 2 is 1.64 bits per heavy atom. The number of carbonyl (C=O) groups excluding carboxylic acids is 1. The van der Waals surface area contributed by atoms with Gasteiger partial charge in [0.05, 0.1) is 16.8 Å². The van der Waals surface area contributed by atoms with Crippen LogP contribution in [-0.2, 0) is 14.3 Å². The third kappa shape index (κ3) is 2.12. The standard InChI is InChI=1S/C16H24O6/c1-10(2)12(18)22-16-7-13(19)4-14(20,8-16)6-15(5-13,11(16)3)21-9-17/h11,17,19-20H,1,4-9H2,2-3H3. The monoisotopic (exact) mass is 312 g/mol. The molecule has 4 saturated carbocycles. The second-order valence-corrected chi connectivity index (χ2v) is 7.63. The summed E-state index contributed by atoms with van der Waals surface area (Å²) in [7, 11) is 0. The van der Waals surface area contributed by atoms with E-state index in [9.17, 15) is 20.1 Å². The summed E-state index contributed by atoms with van der Waals surface area (Å²) in [4.78, 5) is 12.1. The van der Waals surface area contributed by atoms with E-state index in [-0.39, 0.29) is 30.8 Å².